The Morgan fingerprint density at radius 1 is 1.12 bits per heavy atom. The van der Waals surface area contributed by atoms with Crippen LogP contribution in [-0.2, 0) is 22.6 Å². The average molecular weight is 458 g/mol. The highest BCUT2D eigenvalue weighted by Gasteiger charge is 2.37. The van der Waals surface area contributed by atoms with Crippen LogP contribution in [0.25, 0.3) is 33.3 Å². The summed E-state index contributed by atoms with van der Waals surface area (Å²) in [4.78, 5) is 4.51. The molecule has 0 aliphatic carbocycles. The number of hydrogen-bond donors (Lipinski definition) is 1. The molecule has 1 aliphatic heterocycles. The van der Waals surface area contributed by atoms with Crippen LogP contribution in [0, 0.1) is 18.6 Å². The molecule has 0 bridgehead atoms. The smallest absolute Gasteiger partial charge is 0.251 e. The number of anilines is 1. The molecule has 2 aromatic carbocycles. The molecular formula is C22H21F2N5O2S. The Labute approximate surface area is 183 Å². The minimum absolute atomic E-state index is 0.0977. The van der Waals surface area contributed by atoms with Gasteiger partial charge in [0.25, 0.3) is 10.0 Å². The number of aromatic nitrogens is 4. The van der Waals surface area contributed by atoms with Gasteiger partial charge in [-0.15, -0.1) is 0 Å². The van der Waals surface area contributed by atoms with Gasteiger partial charge in [0.2, 0.25) is 0 Å². The zero-order valence-electron chi connectivity index (χ0n) is 18.2. The van der Waals surface area contributed by atoms with Crippen molar-refractivity contribution >= 4 is 26.6 Å². The zero-order valence-corrected chi connectivity index (χ0v) is 19.0. The molecule has 4 aromatic rings. The van der Waals surface area contributed by atoms with Crippen LogP contribution in [0.4, 0.5) is 14.5 Å². The Morgan fingerprint density at radius 3 is 2.53 bits per heavy atom. The molecule has 2 aromatic heterocycles. The second-order valence-electron chi connectivity index (χ2n) is 8.72. The van der Waals surface area contributed by atoms with E-state index >= 15 is 4.39 Å². The summed E-state index contributed by atoms with van der Waals surface area (Å²) in [6.45, 7) is 5.70. The van der Waals surface area contributed by atoms with Gasteiger partial charge in [-0.3, -0.25) is 0 Å². The number of halogens is 2. The zero-order chi connectivity index (χ0) is 23.2. The maximum atomic E-state index is 15.5. The molecule has 166 valence electrons. The first kappa shape index (κ1) is 20.6. The lowest BCUT2D eigenvalue weighted by molar-refractivity contribution is 0.566. The van der Waals surface area contributed by atoms with Crippen molar-refractivity contribution in [3.8, 4) is 22.4 Å². The van der Waals surface area contributed by atoms with Crippen molar-refractivity contribution in [2.45, 2.75) is 26.3 Å². The Kier molecular flexibility index (Phi) is 4.11. The second-order valence-corrected chi connectivity index (χ2v) is 10.5. The van der Waals surface area contributed by atoms with Gasteiger partial charge in [-0.2, -0.15) is 9.19 Å². The highest BCUT2D eigenvalue weighted by molar-refractivity contribution is 7.89. The predicted octanol–water partition coefficient (Wildman–Crippen LogP) is 4.16. The van der Waals surface area contributed by atoms with E-state index in [1.165, 1.54) is 18.3 Å². The lowest BCUT2D eigenvalue weighted by atomic mass is 9.84. The molecule has 1 aliphatic rings. The molecule has 0 saturated carbocycles. The standard InChI is InChI=1S/C22H21F2N5O2S/c1-11-13(14-6-12(23)7-17-15(14)9-26-29(17)32(5,30)31)8-16(24)19-18(11)20-21(22(2,3)27-19)25-10-28(20)4/h6-10,27H,1-5H3. The van der Waals surface area contributed by atoms with Crippen LogP contribution < -0.4 is 5.32 Å². The third kappa shape index (κ3) is 2.78. The molecule has 5 rings (SSSR count). The lowest BCUT2D eigenvalue weighted by Crippen LogP contribution is -2.33. The van der Waals surface area contributed by atoms with Crippen molar-refractivity contribution < 1.29 is 17.2 Å². The number of imidazole rings is 1. The van der Waals surface area contributed by atoms with E-state index in [0.717, 1.165) is 27.8 Å². The summed E-state index contributed by atoms with van der Waals surface area (Å²) in [7, 11) is -1.90. The van der Waals surface area contributed by atoms with Gasteiger partial charge in [-0.25, -0.2) is 22.2 Å². The van der Waals surface area contributed by atoms with Gasteiger partial charge in [0.15, 0.2) is 0 Å². The fourth-order valence-electron chi connectivity index (χ4n) is 4.56. The fourth-order valence-corrected chi connectivity index (χ4v) is 5.28. The van der Waals surface area contributed by atoms with E-state index in [-0.39, 0.29) is 5.52 Å². The molecule has 7 nitrogen and oxygen atoms in total. The molecule has 32 heavy (non-hydrogen) atoms. The minimum Gasteiger partial charge on any atom is -0.372 e. The van der Waals surface area contributed by atoms with Gasteiger partial charge < -0.3 is 9.88 Å². The summed E-state index contributed by atoms with van der Waals surface area (Å²) < 4.78 is 56.9. The van der Waals surface area contributed by atoms with Crippen LogP contribution in [0.2, 0.25) is 0 Å². The van der Waals surface area contributed by atoms with Gasteiger partial charge >= 0.3 is 0 Å². The quantitative estimate of drug-likeness (QED) is 0.489. The van der Waals surface area contributed by atoms with E-state index in [9.17, 15) is 12.8 Å². The van der Waals surface area contributed by atoms with Crippen molar-refractivity contribution in [1.82, 2.24) is 18.7 Å². The number of aryl methyl sites for hydroxylation is 1. The summed E-state index contributed by atoms with van der Waals surface area (Å²) in [6.07, 6.45) is 4.04. The van der Waals surface area contributed by atoms with Gasteiger partial charge in [-0.1, -0.05) is 0 Å². The Hall–Kier alpha value is -3.27. The van der Waals surface area contributed by atoms with Crippen LogP contribution in [0.1, 0.15) is 25.1 Å². The average Bonchev–Trinajstić information content (AvgIpc) is 3.28. The number of fused-ring (bicyclic) bond motifs is 4. The van der Waals surface area contributed by atoms with Gasteiger partial charge in [0, 0.05) is 24.1 Å². The van der Waals surface area contributed by atoms with Crippen LogP contribution in [0.3, 0.4) is 0 Å². The first-order valence-corrected chi connectivity index (χ1v) is 11.8. The lowest BCUT2D eigenvalue weighted by Gasteiger charge is -2.35. The first-order valence-electron chi connectivity index (χ1n) is 9.92. The Bertz CT molecular complexity index is 1550. The van der Waals surface area contributed by atoms with Crippen LogP contribution in [0.5, 0.6) is 0 Å². The summed E-state index contributed by atoms with van der Waals surface area (Å²) in [5.41, 5.74) is 3.60. The van der Waals surface area contributed by atoms with E-state index in [2.05, 4.69) is 15.4 Å². The maximum absolute atomic E-state index is 15.5. The second kappa shape index (κ2) is 6.38. The van der Waals surface area contributed by atoms with E-state index in [0.29, 0.717) is 33.3 Å². The predicted molar refractivity (Wildman–Crippen MR) is 119 cm³/mol. The monoisotopic (exact) mass is 457 g/mol. The van der Waals surface area contributed by atoms with Crippen molar-refractivity contribution in [2.75, 3.05) is 11.6 Å². The summed E-state index contributed by atoms with van der Waals surface area (Å²) >= 11 is 0. The first-order chi connectivity index (χ1) is 14.9. The molecule has 0 fully saturated rings. The molecule has 0 amide bonds. The van der Waals surface area contributed by atoms with Crippen LogP contribution in [0.15, 0.2) is 30.7 Å². The van der Waals surface area contributed by atoms with Gasteiger partial charge in [-0.05, 0) is 49.6 Å². The third-order valence-corrected chi connectivity index (χ3v) is 6.89. The van der Waals surface area contributed by atoms with Crippen molar-refractivity contribution in [3.63, 3.8) is 0 Å². The van der Waals surface area contributed by atoms with Gasteiger partial charge in [0.05, 0.1) is 46.9 Å². The summed E-state index contributed by atoms with van der Waals surface area (Å²) in [5.74, 6) is -1.13. The molecule has 0 atom stereocenters. The van der Waals surface area contributed by atoms with Crippen LogP contribution in [-0.4, -0.2) is 33.4 Å². The third-order valence-electron chi connectivity index (χ3n) is 5.97. The van der Waals surface area contributed by atoms with Gasteiger partial charge in [0.1, 0.15) is 11.6 Å². The molecule has 0 unspecified atom stereocenters. The molecule has 0 spiro atoms. The highest BCUT2D eigenvalue weighted by atomic mass is 32.2. The molecular weight excluding hydrogens is 436 g/mol. The number of nitrogens with one attached hydrogen (secondary N) is 1. The summed E-state index contributed by atoms with van der Waals surface area (Å²) in [6, 6.07) is 3.74. The molecule has 0 radical (unpaired) electrons. The number of hydrogen-bond acceptors (Lipinski definition) is 5. The molecule has 1 N–H and O–H groups in total. The van der Waals surface area contributed by atoms with Crippen molar-refractivity contribution in [1.29, 1.82) is 0 Å². The van der Waals surface area contributed by atoms with Crippen molar-refractivity contribution in [2.24, 2.45) is 7.05 Å². The van der Waals surface area contributed by atoms with E-state index in [1.807, 2.05) is 32.4 Å². The fraction of sp³-hybridized carbons (Fsp3) is 0.273. The Morgan fingerprint density at radius 2 is 1.84 bits per heavy atom. The van der Waals surface area contributed by atoms with E-state index in [4.69, 9.17) is 0 Å². The minimum atomic E-state index is -3.74. The Balaban J connectivity index is 1.86. The van der Waals surface area contributed by atoms with Crippen LogP contribution >= 0.6 is 0 Å². The van der Waals surface area contributed by atoms with Crippen molar-refractivity contribution in [3.05, 3.63) is 53.6 Å². The summed E-state index contributed by atoms with van der Waals surface area (Å²) in [5, 5.41) is 7.59. The highest BCUT2D eigenvalue weighted by Crippen LogP contribution is 2.48. The SMILES string of the molecule is Cc1c(-c2cc(F)cc3c2cnn3S(C)(=O)=O)cc(F)c2c1-c1c(ncn1C)C(C)(C)N2. The number of benzene rings is 2. The topological polar surface area (TPSA) is 81.8 Å². The van der Waals surface area contributed by atoms with E-state index < -0.39 is 27.2 Å². The maximum Gasteiger partial charge on any atom is 0.251 e. The number of nitrogens with zero attached hydrogens (tertiary/aromatic N) is 4. The largest absolute Gasteiger partial charge is 0.372 e. The van der Waals surface area contributed by atoms with E-state index in [1.54, 1.807) is 6.33 Å². The molecule has 10 heteroatoms. The molecule has 0 saturated heterocycles. The number of rotatable bonds is 2. The normalized spacial score (nSPS) is 14.8. The molecule has 3 heterocycles.